The molecular weight excluding hydrogens is 384 g/mol. The van der Waals surface area contributed by atoms with Crippen molar-refractivity contribution < 1.29 is 0 Å². The first kappa shape index (κ1) is 21.8. The van der Waals surface area contributed by atoms with Crippen LogP contribution in [-0.4, -0.2) is 0 Å². The molecule has 4 rings (SSSR count). The van der Waals surface area contributed by atoms with Crippen LogP contribution in [0, 0.1) is 12.3 Å². The second-order valence-corrected chi connectivity index (χ2v) is 8.42. The molecule has 0 aliphatic carbocycles. The normalized spacial score (nSPS) is 12.7. The molecule has 2 atom stereocenters. The Labute approximate surface area is 194 Å². The molecule has 32 heavy (non-hydrogen) atoms. The van der Waals surface area contributed by atoms with Crippen molar-refractivity contribution in [2.24, 2.45) is 0 Å². The standard InChI is InChI=1S/C32H32/c1-2-3-24-30(27-18-10-5-11-19-27)32(29-22-14-7-15-23-29)31(28-20-12-6-13-21-28)25-26-16-8-4-9-17-26/h4-23,25,30,32H,2-3,24H2,1H3/q-2. The summed E-state index contributed by atoms with van der Waals surface area (Å²) in [7, 11) is 0. The van der Waals surface area contributed by atoms with Gasteiger partial charge in [-0.25, -0.2) is 6.42 Å². The molecule has 0 radical (unpaired) electrons. The van der Waals surface area contributed by atoms with Crippen molar-refractivity contribution in [3.8, 4) is 0 Å². The molecule has 4 aromatic rings. The van der Waals surface area contributed by atoms with Gasteiger partial charge in [0.05, 0.1) is 0 Å². The second-order valence-electron chi connectivity index (χ2n) is 8.42. The third-order valence-corrected chi connectivity index (χ3v) is 6.22. The molecule has 0 saturated carbocycles. The summed E-state index contributed by atoms with van der Waals surface area (Å²) in [6.45, 7) is 2.29. The van der Waals surface area contributed by atoms with E-state index in [0.29, 0.717) is 5.92 Å². The van der Waals surface area contributed by atoms with E-state index < -0.39 is 0 Å². The average molecular weight is 417 g/mol. The Kier molecular flexibility index (Phi) is 7.71. The molecule has 162 valence electrons. The Bertz CT molecular complexity index is 1020. The summed E-state index contributed by atoms with van der Waals surface area (Å²) in [6.07, 6.45) is 5.98. The zero-order valence-electron chi connectivity index (χ0n) is 18.9. The quantitative estimate of drug-likeness (QED) is 0.227. The van der Waals surface area contributed by atoms with Crippen molar-refractivity contribution >= 4 is 0 Å². The minimum Gasteiger partial charge on any atom is -0.215 e. The van der Waals surface area contributed by atoms with E-state index in [0.717, 1.165) is 0 Å². The molecule has 0 amide bonds. The third-order valence-electron chi connectivity index (χ3n) is 6.22. The summed E-state index contributed by atoms with van der Waals surface area (Å²) in [6, 6.07) is 43.8. The molecule has 0 fully saturated rings. The predicted octanol–water partition coefficient (Wildman–Crippen LogP) is 8.62. The van der Waals surface area contributed by atoms with Gasteiger partial charge in [0.2, 0.25) is 0 Å². The maximum atomic E-state index is 2.40. The minimum absolute atomic E-state index is 0.271. The predicted molar refractivity (Wildman–Crippen MR) is 137 cm³/mol. The summed E-state index contributed by atoms with van der Waals surface area (Å²) >= 11 is 0. The van der Waals surface area contributed by atoms with Crippen LogP contribution < -0.4 is 0 Å². The van der Waals surface area contributed by atoms with E-state index >= 15 is 0 Å². The van der Waals surface area contributed by atoms with Crippen LogP contribution in [0.4, 0.5) is 0 Å². The molecular formula is C32H32-2. The van der Waals surface area contributed by atoms with Gasteiger partial charge in [-0.2, -0.15) is 41.3 Å². The van der Waals surface area contributed by atoms with Crippen LogP contribution >= 0.6 is 0 Å². The lowest BCUT2D eigenvalue weighted by atomic mass is 9.68. The number of hydrogen-bond acceptors (Lipinski definition) is 0. The van der Waals surface area contributed by atoms with Crippen molar-refractivity contribution in [1.29, 1.82) is 0 Å². The summed E-state index contributed by atoms with van der Waals surface area (Å²) in [4.78, 5) is 0. The minimum atomic E-state index is 0.271. The first-order chi connectivity index (χ1) is 15.9. The molecule has 0 bridgehead atoms. The summed E-state index contributed by atoms with van der Waals surface area (Å²) in [5.41, 5.74) is 5.34. The van der Waals surface area contributed by atoms with Crippen molar-refractivity contribution in [1.82, 2.24) is 0 Å². The van der Waals surface area contributed by atoms with Gasteiger partial charge in [0.25, 0.3) is 0 Å². The maximum absolute atomic E-state index is 2.40. The molecule has 0 heterocycles. The van der Waals surface area contributed by atoms with Gasteiger partial charge in [-0.05, 0) is 23.8 Å². The Morgan fingerprint density at radius 2 is 1.12 bits per heavy atom. The molecule has 0 nitrogen and oxygen atoms in total. The van der Waals surface area contributed by atoms with Crippen LogP contribution in [0.5, 0.6) is 0 Å². The Balaban J connectivity index is 1.85. The van der Waals surface area contributed by atoms with E-state index in [1.807, 2.05) is 0 Å². The zero-order chi connectivity index (χ0) is 22.0. The molecule has 0 spiro atoms. The molecule has 2 unspecified atom stereocenters. The van der Waals surface area contributed by atoms with Crippen molar-refractivity contribution in [3.05, 3.63) is 156 Å². The summed E-state index contributed by atoms with van der Waals surface area (Å²) in [5.74, 6) is 2.06. The van der Waals surface area contributed by atoms with Crippen molar-refractivity contribution in [3.63, 3.8) is 0 Å². The second kappa shape index (κ2) is 11.3. The smallest absolute Gasteiger partial charge is 0.0168 e. The van der Waals surface area contributed by atoms with E-state index in [-0.39, 0.29) is 5.92 Å². The van der Waals surface area contributed by atoms with Gasteiger partial charge in [-0.15, -0.1) is 24.3 Å². The molecule has 0 heteroatoms. The highest BCUT2D eigenvalue weighted by Gasteiger charge is 2.26. The van der Waals surface area contributed by atoms with Crippen LogP contribution in [0.3, 0.4) is 0 Å². The Hall–Kier alpha value is -3.38. The first-order valence-corrected chi connectivity index (χ1v) is 11.8. The van der Waals surface area contributed by atoms with Crippen LogP contribution in [0.25, 0.3) is 0 Å². The van der Waals surface area contributed by atoms with Crippen LogP contribution in [0.1, 0.15) is 60.3 Å². The fourth-order valence-corrected chi connectivity index (χ4v) is 4.65. The molecule has 0 saturated heterocycles. The third kappa shape index (κ3) is 5.45. The number of benzene rings is 4. The van der Waals surface area contributed by atoms with Gasteiger partial charge < -0.3 is 0 Å². The summed E-state index contributed by atoms with van der Waals surface area (Å²) in [5, 5.41) is 0. The molecule has 0 N–H and O–H groups in total. The van der Waals surface area contributed by atoms with E-state index in [4.69, 9.17) is 0 Å². The molecule has 0 aliphatic rings. The first-order valence-electron chi connectivity index (χ1n) is 11.8. The fraction of sp³-hybridized carbons (Fsp3) is 0.188. The van der Waals surface area contributed by atoms with E-state index in [2.05, 4.69) is 135 Å². The molecule has 4 aromatic carbocycles. The maximum Gasteiger partial charge on any atom is -0.0168 e. The van der Waals surface area contributed by atoms with Crippen molar-refractivity contribution in [2.45, 2.75) is 38.0 Å². The largest absolute Gasteiger partial charge is 0.215 e. The van der Waals surface area contributed by atoms with Crippen molar-refractivity contribution in [2.75, 3.05) is 0 Å². The zero-order valence-corrected chi connectivity index (χ0v) is 18.9. The van der Waals surface area contributed by atoms with Gasteiger partial charge in [0.15, 0.2) is 0 Å². The average Bonchev–Trinajstić information content (AvgIpc) is 2.88. The van der Waals surface area contributed by atoms with Gasteiger partial charge in [-0.1, -0.05) is 98.1 Å². The monoisotopic (exact) mass is 416 g/mol. The van der Waals surface area contributed by atoms with Gasteiger partial charge in [-0.3, -0.25) is 0 Å². The SMILES string of the molecule is CCCCC(c1ccccc1)C(c1ccccc1)[C-]([CH-]c1ccccc1)c1ccccc1. The highest BCUT2D eigenvalue weighted by Crippen LogP contribution is 2.47. The Morgan fingerprint density at radius 3 is 1.69 bits per heavy atom. The lowest BCUT2D eigenvalue weighted by Crippen LogP contribution is -2.21. The lowest BCUT2D eigenvalue weighted by molar-refractivity contribution is 0.507. The summed E-state index contributed by atoms with van der Waals surface area (Å²) < 4.78 is 0. The van der Waals surface area contributed by atoms with E-state index in [1.54, 1.807) is 0 Å². The highest BCUT2D eigenvalue weighted by atomic mass is 14.4. The highest BCUT2D eigenvalue weighted by molar-refractivity contribution is 5.50. The van der Waals surface area contributed by atoms with Crippen LogP contribution in [0.2, 0.25) is 0 Å². The van der Waals surface area contributed by atoms with Crippen LogP contribution in [0.15, 0.2) is 121 Å². The molecule has 0 aromatic heterocycles. The lowest BCUT2D eigenvalue weighted by Gasteiger charge is -2.44. The number of hydrogen-bond donors (Lipinski definition) is 0. The van der Waals surface area contributed by atoms with E-state index in [9.17, 15) is 0 Å². The Morgan fingerprint density at radius 1 is 0.625 bits per heavy atom. The van der Waals surface area contributed by atoms with Crippen LogP contribution in [-0.2, 0) is 0 Å². The fourth-order valence-electron chi connectivity index (χ4n) is 4.65. The van der Waals surface area contributed by atoms with E-state index in [1.165, 1.54) is 47.4 Å². The van der Waals surface area contributed by atoms with Gasteiger partial charge in [0, 0.05) is 0 Å². The van der Waals surface area contributed by atoms with Gasteiger partial charge in [0.1, 0.15) is 0 Å². The topological polar surface area (TPSA) is 0 Å². The number of rotatable bonds is 10. The number of unbranched alkanes of at least 4 members (excludes halogenated alkanes) is 1. The molecule has 0 aliphatic heterocycles. The van der Waals surface area contributed by atoms with Gasteiger partial charge >= 0.3 is 0 Å².